The zero-order chi connectivity index (χ0) is 11.3. The van der Waals surface area contributed by atoms with Gasteiger partial charge in [0.2, 0.25) is 0 Å². The number of carbonyl (C=O) groups excluding carboxylic acids is 2. The molecule has 1 aromatic rings. The van der Waals surface area contributed by atoms with Crippen LogP contribution in [0.5, 0.6) is 0 Å². The van der Waals surface area contributed by atoms with Gasteiger partial charge in [0, 0.05) is 24.3 Å². The Labute approximate surface area is 115 Å². The Kier molecular flexibility index (Phi) is 6.96. The smallest absolute Gasteiger partial charge is 0.550 e. The molecule has 0 saturated heterocycles. The average Bonchev–Trinajstić information content (AvgIpc) is 2.17. The van der Waals surface area contributed by atoms with Gasteiger partial charge in [-0.2, -0.15) is 0 Å². The van der Waals surface area contributed by atoms with E-state index in [9.17, 15) is 14.7 Å². The summed E-state index contributed by atoms with van der Waals surface area (Å²) in [6.45, 7) is 1.97. The third kappa shape index (κ3) is 4.74. The largest absolute Gasteiger partial charge is 1.00 e. The summed E-state index contributed by atoms with van der Waals surface area (Å²) < 4.78 is 4.76. The predicted molar refractivity (Wildman–Crippen MR) is 48.9 cm³/mol. The van der Waals surface area contributed by atoms with Crippen LogP contribution in [0.15, 0.2) is 18.3 Å². The van der Waals surface area contributed by atoms with Crippen LogP contribution in [0.4, 0.5) is 0 Å². The van der Waals surface area contributed by atoms with Crippen molar-refractivity contribution in [3.05, 3.63) is 29.6 Å². The number of carbonyl (C=O) groups is 2. The molecule has 16 heavy (non-hydrogen) atoms. The number of aromatic nitrogens is 1. The van der Waals surface area contributed by atoms with Crippen LogP contribution in [0, 0.1) is 0 Å². The minimum atomic E-state index is -1.23. The minimum absolute atomic E-state index is 0. The molecule has 0 spiro atoms. The van der Waals surface area contributed by atoms with Gasteiger partial charge in [0.05, 0.1) is 12.2 Å². The molecule has 0 unspecified atom stereocenters. The van der Waals surface area contributed by atoms with Crippen molar-refractivity contribution >= 4 is 11.9 Å². The Hall–Kier alpha value is -0.910. The SMILES string of the molecule is CCOC(=O)c1ccnc(CC(=O)[O-])c1.[Na+]. The average molecular weight is 231 g/mol. The van der Waals surface area contributed by atoms with Crippen molar-refractivity contribution in [2.75, 3.05) is 6.61 Å². The van der Waals surface area contributed by atoms with Gasteiger partial charge in [0.25, 0.3) is 0 Å². The molecule has 5 nitrogen and oxygen atoms in total. The summed E-state index contributed by atoms with van der Waals surface area (Å²) in [5.74, 6) is -1.72. The fourth-order valence-electron chi connectivity index (χ4n) is 1.06. The van der Waals surface area contributed by atoms with Crippen molar-refractivity contribution in [2.45, 2.75) is 13.3 Å². The van der Waals surface area contributed by atoms with Gasteiger partial charge in [-0.3, -0.25) is 4.98 Å². The molecule has 80 valence electrons. The molecule has 0 N–H and O–H groups in total. The van der Waals surface area contributed by atoms with Crippen LogP contribution in [0.3, 0.4) is 0 Å². The quantitative estimate of drug-likeness (QED) is 0.398. The van der Waals surface area contributed by atoms with Gasteiger partial charge in [-0.1, -0.05) is 0 Å². The number of ether oxygens (including phenoxy) is 1. The van der Waals surface area contributed by atoms with E-state index in [2.05, 4.69) is 4.98 Å². The molecule has 0 atom stereocenters. The molecule has 0 fully saturated rings. The van der Waals surface area contributed by atoms with E-state index in [0.717, 1.165) is 0 Å². The Bertz CT molecular complexity index is 381. The second kappa shape index (κ2) is 7.38. The molecule has 0 bridgehead atoms. The summed E-state index contributed by atoms with van der Waals surface area (Å²) in [6.07, 6.45) is 1.05. The maximum atomic E-state index is 11.3. The molecule has 0 aliphatic carbocycles. The zero-order valence-electron chi connectivity index (χ0n) is 9.23. The molecule has 0 saturated carbocycles. The van der Waals surface area contributed by atoms with Gasteiger partial charge in [-0.25, -0.2) is 4.79 Å². The number of pyridine rings is 1. The first-order valence-corrected chi connectivity index (χ1v) is 4.45. The van der Waals surface area contributed by atoms with Gasteiger partial charge in [0.15, 0.2) is 0 Å². The minimum Gasteiger partial charge on any atom is -0.550 e. The molecule has 1 rings (SSSR count). The number of aliphatic carboxylic acids is 1. The van der Waals surface area contributed by atoms with Crippen molar-refractivity contribution in [3.8, 4) is 0 Å². The summed E-state index contributed by atoms with van der Waals surface area (Å²) in [6, 6.07) is 2.85. The third-order valence-corrected chi connectivity index (χ3v) is 1.65. The molecule has 0 aromatic carbocycles. The van der Waals surface area contributed by atoms with E-state index in [4.69, 9.17) is 4.74 Å². The standard InChI is InChI=1S/C10H11NO4.Na/c1-2-15-10(14)7-3-4-11-8(5-7)6-9(12)13;/h3-5H,2,6H2,1H3,(H,12,13);/q;+1/p-1. The van der Waals surface area contributed by atoms with Crippen molar-refractivity contribution in [1.29, 1.82) is 0 Å². The van der Waals surface area contributed by atoms with E-state index in [-0.39, 0.29) is 48.3 Å². The predicted octanol–water partition coefficient (Wildman–Crippen LogP) is -3.45. The van der Waals surface area contributed by atoms with E-state index < -0.39 is 11.9 Å². The van der Waals surface area contributed by atoms with Crippen LogP contribution in [0.1, 0.15) is 23.0 Å². The number of esters is 1. The van der Waals surface area contributed by atoms with E-state index in [0.29, 0.717) is 5.56 Å². The molecule has 1 aromatic heterocycles. The van der Waals surface area contributed by atoms with Crippen LogP contribution in [-0.2, 0) is 16.0 Å². The molecular formula is C10H10NNaO4. The number of carboxylic acids is 1. The maximum absolute atomic E-state index is 11.3. The fraction of sp³-hybridized carbons (Fsp3) is 0.300. The van der Waals surface area contributed by atoms with E-state index in [1.165, 1.54) is 18.3 Å². The van der Waals surface area contributed by atoms with Crippen molar-refractivity contribution in [1.82, 2.24) is 4.98 Å². The monoisotopic (exact) mass is 231 g/mol. The Morgan fingerprint density at radius 3 is 2.75 bits per heavy atom. The van der Waals surface area contributed by atoms with Crippen LogP contribution >= 0.6 is 0 Å². The Balaban J connectivity index is 0.00000225. The Morgan fingerprint density at radius 1 is 1.50 bits per heavy atom. The zero-order valence-corrected chi connectivity index (χ0v) is 11.2. The fourth-order valence-corrected chi connectivity index (χ4v) is 1.06. The number of hydrogen-bond acceptors (Lipinski definition) is 5. The first-order chi connectivity index (χ1) is 7.13. The number of rotatable bonds is 4. The summed E-state index contributed by atoms with van der Waals surface area (Å²) in [5, 5.41) is 10.3. The van der Waals surface area contributed by atoms with Crippen LogP contribution in [-0.4, -0.2) is 23.5 Å². The van der Waals surface area contributed by atoms with E-state index in [1.54, 1.807) is 6.92 Å². The van der Waals surface area contributed by atoms with Gasteiger partial charge in [-0.15, -0.1) is 0 Å². The molecule has 0 amide bonds. The molecule has 1 heterocycles. The second-order valence-corrected chi connectivity index (χ2v) is 2.81. The molecule has 0 radical (unpaired) electrons. The molecule has 6 heteroatoms. The van der Waals surface area contributed by atoms with Crippen LogP contribution in [0.25, 0.3) is 0 Å². The first kappa shape index (κ1) is 15.1. The van der Waals surface area contributed by atoms with E-state index >= 15 is 0 Å². The molecule has 0 aliphatic rings. The third-order valence-electron chi connectivity index (χ3n) is 1.65. The number of hydrogen-bond donors (Lipinski definition) is 0. The first-order valence-electron chi connectivity index (χ1n) is 4.45. The van der Waals surface area contributed by atoms with Crippen LogP contribution in [0.2, 0.25) is 0 Å². The maximum Gasteiger partial charge on any atom is 1.00 e. The van der Waals surface area contributed by atoms with Crippen molar-refractivity contribution in [3.63, 3.8) is 0 Å². The summed E-state index contributed by atoms with van der Waals surface area (Å²) in [5.41, 5.74) is 0.573. The summed E-state index contributed by atoms with van der Waals surface area (Å²) >= 11 is 0. The van der Waals surface area contributed by atoms with Crippen LogP contribution < -0.4 is 34.7 Å². The van der Waals surface area contributed by atoms with Crippen molar-refractivity contribution in [2.24, 2.45) is 0 Å². The van der Waals surface area contributed by atoms with Gasteiger partial charge < -0.3 is 14.6 Å². The summed E-state index contributed by atoms with van der Waals surface area (Å²) in [4.78, 5) is 25.4. The van der Waals surface area contributed by atoms with Crippen molar-refractivity contribution < 1.29 is 49.0 Å². The number of nitrogens with zero attached hydrogens (tertiary/aromatic N) is 1. The number of carboxylic acid groups (broad SMARTS) is 1. The summed E-state index contributed by atoms with van der Waals surface area (Å²) in [7, 11) is 0. The van der Waals surface area contributed by atoms with Gasteiger partial charge >= 0.3 is 35.5 Å². The molecule has 0 aliphatic heterocycles. The topological polar surface area (TPSA) is 79.3 Å². The normalized spacial score (nSPS) is 9.06. The van der Waals surface area contributed by atoms with E-state index in [1.807, 2.05) is 0 Å². The molecular weight excluding hydrogens is 221 g/mol. The Morgan fingerprint density at radius 2 is 2.19 bits per heavy atom. The van der Waals surface area contributed by atoms with Gasteiger partial charge in [0.1, 0.15) is 0 Å². The second-order valence-electron chi connectivity index (χ2n) is 2.81. The van der Waals surface area contributed by atoms with Gasteiger partial charge in [-0.05, 0) is 19.1 Å².